The Morgan fingerprint density at radius 1 is 0.966 bits per heavy atom. The largest absolute Gasteiger partial charge is 0.491 e. The zero-order chi connectivity index (χ0) is 20.6. The van der Waals surface area contributed by atoms with E-state index in [0.29, 0.717) is 31.2 Å². The molecular formula is C25H29NO3. The molecule has 0 bridgehead atoms. The van der Waals surface area contributed by atoms with Gasteiger partial charge in [-0.25, -0.2) is 0 Å². The van der Waals surface area contributed by atoms with E-state index in [1.807, 2.05) is 61.5 Å². The Morgan fingerprint density at radius 2 is 1.69 bits per heavy atom. The summed E-state index contributed by atoms with van der Waals surface area (Å²) < 4.78 is 11.8. The van der Waals surface area contributed by atoms with E-state index in [0.717, 1.165) is 16.5 Å². The van der Waals surface area contributed by atoms with Gasteiger partial charge in [0.05, 0.1) is 6.54 Å². The van der Waals surface area contributed by atoms with Crippen LogP contribution in [-0.4, -0.2) is 25.2 Å². The van der Waals surface area contributed by atoms with Gasteiger partial charge in [-0.2, -0.15) is 0 Å². The highest BCUT2D eigenvalue weighted by molar-refractivity contribution is 5.84. The maximum absolute atomic E-state index is 12.5. The first-order valence-corrected chi connectivity index (χ1v) is 10.2. The number of fused-ring (bicyclic) bond motifs is 1. The number of carbonyl (C=O) groups excluding carboxylic acids is 1. The summed E-state index contributed by atoms with van der Waals surface area (Å²) in [7, 11) is 0. The van der Waals surface area contributed by atoms with Crippen molar-refractivity contribution in [3.63, 3.8) is 0 Å². The van der Waals surface area contributed by atoms with Gasteiger partial charge in [-0.05, 0) is 46.9 Å². The molecule has 0 aliphatic rings. The van der Waals surface area contributed by atoms with Crippen LogP contribution in [0.1, 0.15) is 38.7 Å². The topological polar surface area (TPSA) is 47.6 Å². The molecule has 0 aromatic heterocycles. The van der Waals surface area contributed by atoms with E-state index in [2.05, 4.69) is 31.3 Å². The van der Waals surface area contributed by atoms with Crippen molar-refractivity contribution in [2.45, 2.75) is 39.2 Å². The molecule has 1 amide bonds. The Bertz CT molecular complexity index is 951. The minimum absolute atomic E-state index is 0.124. The van der Waals surface area contributed by atoms with Gasteiger partial charge in [-0.15, -0.1) is 0 Å². The van der Waals surface area contributed by atoms with Crippen molar-refractivity contribution in [3.8, 4) is 11.5 Å². The van der Waals surface area contributed by atoms with Crippen molar-refractivity contribution in [3.05, 3.63) is 72.3 Å². The number of carbonyl (C=O) groups is 1. The normalized spacial score (nSPS) is 12.0. The molecule has 152 valence electrons. The van der Waals surface area contributed by atoms with Crippen molar-refractivity contribution >= 4 is 16.7 Å². The van der Waals surface area contributed by atoms with E-state index in [4.69, 9.17) is 9.47 Å². The van der Waals surface area contributed by atoms with Crippen LogP contribution in [0.5, 0.6) is 11.5 Å². The van der Waals surface area contributed by atoms with Crippen LogP contribution in [0.4, 0.5) is 0 Å². The average Bonchev–Trinajstić information content (AvgIpc) is 2.75. The van der Waals surface area contributed by atoms with Crippen LogP contribution in [0.25, 0.3) is 10.8 Å². The molecule has 4 heteroatoms. The average molecular weight is 392 g/mol. The Labute approximate surface area is 172 Å². The number of rotatable bonds is 9. The van der Waals surface area contributed by atoms with Gasteiger partial charge in [0, 0.05) is 0 Å². The van der Waals surface area contributed by atoms with Crippen molar-refractivity contribution < 1.29 is 14.3 Å². The molecule has 0 radical (unpaired) electrons. The lowest BCUT2D eigenvalue weighted by Gasteiger charge is -2.18. The Balaban J connectivity index is 1.52. The molecule has 3 rings (SSSR count). The van der Waals surface area contributed by atoms with Crippen LogP contribution < -0.4 is 14.8 Å². The summed E-state index contributed by atoms with van der Waals surface area (Å²) in [5.41, 5.74) is 1.17. The van der Waals surface area contributed by atoms with Crippen molar-refractivity contribution in [2.24, 2.45) is 0 Å². The summed E-state index contributed by atoms with van der Waals surface area (Å²) in [4.78, 5) is 12.5. The zero-order valence-electron chi connectivity index (χ0n) is 17.4. The maximum Gasteiger partial charge on any atom is 0.261 e. The number of ether oxygens (including phenoxy) is 2. The fraction of sp³-hybridized carbons (Fsp3) is 0.320. The van der Waals surface area contributed by atoms with Gasteiger partial charge >= 0.3 is 0 Å². The highest BCUT2D eigenvalue weighted by Gasteiger charge is 2.18. The molecule has 0 heterocycles. The minimum Gasteiger partial charge on any atom is -0.491 e. The van der Waals surface area contributed by atoms with Crippen molar-refractivity contribution in [2.75, 3.05) is 13.2 Å². The van der Waals surface area contributed by atoms with Crippen LogP contribution in [0.2, 0.25) is 0 Å². The molecule has 0 saturated heterocycles. The first kappa shape index (κ1) is 20.7. The molecule has 3 aromatic carbocycles. The van der Waals surface area contributed by atoms with E-state index in [1.165, 1.54) is 5.56 Å². The second-order valence-corrected chi connectivity index (χ2v) is 7.36. The Morgan fingerprint density at radius 3 is 2.45 bits per heavy atom. The SMILES string of the molecule is CC[C@@H](Oc1ccc2ccccc2c1)C(=O)NCCOc1ccccc1C(C)C. The number of hydrogen-bond acceptors (Lipinski definition) is 3. The number of benzene rings is 3. The number of amides is 1. The fourth-order valence-electron chi connectivity index (χ4n) is 3.27. The number of hydrogen-bond donors (Lipinski definition) is 1. The van der Waals surface area contributed by atoms with Crippen LogP contribution in [0, 0.1) is 0 Å². The summed E-state index contributed by atoms with van der Waals surface area (Å²) in [5, 5.41) is 5.17. The summed E-state index contributed by atoms with van der Waals surface area (Å²) in [6.45, 7) is 7.07. The summed E-state index contributed by atoms with van der Waals surface area (Å²) in [6.07, 6.45) is 0.0644. The molecule has 29 heavy (non-hydrogen) atoms. The summed E-state index contributed by atoms with van der Waals surface area (Å²) >= 11 is 0. The second-order valence-electron chi connectivity index (χ2n) is 7.36. The van der Waals surface area contributed by atoms with E-state index in [-0.39, 0.29) is 5.91 Å². The van der Waals surface area contributed by atoms with Crippen molar-refractivity contribution in [1.29, 1.82) is 0 Å². The van der Waals surface area contributed by atoms with E-state index >= 15 is 0 Å². The molecule has 0 aliphatic carbocycles. The molecule has 0 aliphatic heterocycles. The summed E-state index contributed by atoms with van der Waals surface area (Å²) in [6, 6.07) is 22.0. The van der Waals surface area contributed by atoms with Gasteiger partial charge < -0.3 is 14.8 Å². The number of para-hydroxylation sites is 1. The van der Waals surface area contributed by atoms with Gasteiger partial charge in [0.15, 0.2) is 6.10 Å². The lowest BCUT2D eigenvalue weighted by atomic mass is 10.0. The molecule has 0 fully saturated rings. The lowest BCUT2D eigenvalue weighted by Crippen LogP contribution is -2.39. The first-order chi connectivity index (χ1) is 14.1. The quantitative estimate of drug-likeness (QED) is 0.503. The molecule has 0 unspecified atom stereocenters. The molecule has 1 atom stereocenters. The predicted octanol–water partition coefficient (Wildman–Crippen LogP) is 5.32. The van der Waals surface area contributed by atoms with Gasteiger partial charge in [-0.3, -0.25) is 4.79 Å². The van der Waals surface area contributed by atoms with Crippen LogP contribution >= 0.6 is 0 Å². The van der Waals surface area contributed by atoms with Gasteiger partial charge in [0.2, 0.25) is 0 Å². The number of nitrogens with one attached hydrogen (secondary N) is 1. The highest BCUT2D eigenvalue weighted by Crippen LogP contribution is 2.25. The van der Waals surface area contributed by atoms with E-state index in [1.54, 1.807) is 0 Å². The fourth-order valence-corrected chi connectivity index (χ4v) is 3.27. The van der Waals surface area contributed by atoms with Gasteiger partial charge in [0.1, 0.15) is 18.1 Å². The Hall–Kier alpha value is -3.01. The third-order valence-electron chi connectivity index (χ3n) is 4.86. The van der Waals surface area contributed by atoms with Crippen molar-refractivity contribution in [1.82, 2.24) is 5.32 Å². The smallest absolute Gasteiger partial charge is 0.261 e. The standard InChI is InChI=1S/C25H29NO3/c1-4-23(29-21-14-13-19-9-5-6-10-20(19)17-21)25(27)26-15-16-28-24-12-8-7-11-22(24)18(2)3/h5-14,17-18,23H,4,15-16H2,1-3H3,(H,26,27)/t23-/m1/s1. The molecule has 3 aromatic rings. The van der Waals surface area contributed by atoms with E-state index < -0.39 is 6.10 Å². The Kier molecular flexibility index (Phi) is 7.12. The molecular weight excluding hydrogens is 362 g/mol. The molecule has 1 N–H and O–H groups in total. The lowest BCUT2D eigenvalue weighted by molar-refractivity contribution is -0.128. The third-order valence-corrected chi connectivity index (χ3v) is 4.86. The predicted molar refractivity (Wildman–Crippen MR) is 118 cm³/mol. The minimum atomic E-state index is -0.529. The maximum atomic E-state index is 12.5. The molecule has 0 saturated carbocycles. The highest BCUT2D eigenvalue weighted by atomic mass is 16.5. The van der Waals surface area contributed by atoms with Gasteiger partial charge in [-0.1, -0.05) is 69.3 Å². The second kappa shape index (κ2) is 9.97. The van der Waals surface area contributed by atoms with Crippen LogP contribution in [0.15, 0.2) is 66.7 Å². The van der Waals surface area contributed by atoms with Crippen LogP contribution in [0.3, 0.4) is 0 Å². The zero-order valence-corrected chi connectivity index (χ0v) is 17.4. The molecule has 4 nitrogen and oxygen atoms in total. The van der Waals surface area contributed by atoms with E-state index in [9.17, 15) is 4.79 Å². The monoisotopic (exact) mass is 391 g/mol. The van der Waals surface area contributed by atoms with Gasteiger partial charge in [0.25, 0.3) is 5.91 Å². The van der Waals surface area contributed by atoms with Crippen LogP contribution in [-0.2, 0) is 4.79 Å². The first-order valence-electron chi connectivity index (χ1n) is 10.2. The summed E-state index contributed by atoms with van der Waals surface area (Å²) in [5.74, 6) is 1.84. The third kappa shape index (κ3) is 5.50. The molecule has 0 spiro atoms.